The summed E-state index contributed by atoms with van der Waals surface area (Å²) < 4.78 is 5.44. The lowest BCUT2D eigenvalue weighted by Crippen LogP contribution is -2.38. The van der Waals surface area contributed by atoms with Crippen molar-refractivity contribution in [3.05, 3.63) is 65.2 Å². The Labute approximate surface area is 201 Å². The minimum atomic E-state index is -0.382. The Hall–Kier alpha value is -3.50. The van der Waals surface area contributed by atoms with E-state index in [0.29, 0.717) is 22.5 Å². The number of imide groups is 1. The van der Waals surface area contributed by atoms with E-state index in [2.05, 4.69) is 36.6 Å². The van der Waals surface area contributed by atoms with E-state index in [1.165, 1.54) is 5.56 Å². The number of thioether (sulfide) groups is 1. The Balaban J connectivity index is 1.11. The third-order valence-electron chi connectivity index (χ3n) is 5.84. The van der Waals surface area contributed by atoms with Crippen molar-refractivity contribution in [2.45, 2.75) is 19.4 Å². The van der Waals surface area contributed by atoms with E-state index >= 15 is 0 Å². The maximum atomic E-state index is 11.8. The summed E-state index contributed by atoms with van der Waals surface area (Å²) in [6, 6.07) is 9.58. The average Bonchev–Trinajstić information content (AvgIpc) is 3.50. The van der Waals surface area contributed by atoms with Gasteiger partial charge in [-0.25, -0.2) is 9.97 Å². The molecule has 3 aromatic rings. The van der Waals surface area contributed by atoms with Gasteiger partial charge in [0.2, 0.25) is 5.95 Å². The zero-order chi connectivity index (χ0) is 23.3. The van der Waals surface area contributed by atoms with Crippen LogP contribution in [0.2, 0.25) is 0 Å². The molecule has 2 amide bonds. The van der Waals surface area contributed by atoms with Gasteiger partial charge in [-0.3, -0.25) is 19.9 Å². The van der Waals surface area contributed by atoms with Gasteiger partial charge in [0.1, 0.15) is 5.69 Å². The van der Waals surface area contributed by atoms with Gasteiger partial charge in [-0.2, -0.15) is 0 Å². The van der Waals surface area contributed by atoms with E-state index in [-0.39, 0.29) is 11.1 Å². The molecular weight excluding hydrogens is 452 g/mol. The number of piperidine rings is 1. The maximum absolute atomic E-state index is 11.8. The summed E-state index contributed by atoms with van der Waals surface area (Å²) >= 11 is 0.889. The molecule has 9 nitrogen and oxygen atoms in total. The molecule has 0 unspecified atom stereocenters. The van der Waals surface area contributed by atoms with Crippen LogP contribution < -0.4 is 15.5 Å². The zero-order valence-electron chi connectivity index (χ0n) is 18.4. The molecule has 34 heavy (non-hydrogen) atoms. The SMILES string of the molecule is O=C1NC(=O)C(=Cc2ccnc(N3CCC(CNCc4ccnc(-c5ccco5)c4)CC3)n2)S1. The van der Waals surface area contributed by atoms with Gasteiger partial charge in [-0.15, -0.1) is 0 Å². The molecule has 5 rings (SSSR count). The molecule has 0 aliphatic carbocycles. The number of hydrogen-bond acceptors (Lipinski definition) is 9. The predicted molar refractivity (Wildman–Crippen MR) is 130 cm³/mol. The fourth-order valence-electron chi connectivity index (χ4n) is 4.05. The summed E-state index contributed by atoms with van der Waals surface area (Å²) in [4.78, 5) is 39.0. The molecule has 2 saturated heterocycles. The number of nitrogens with zero attached hydrogens (tertiary/aromatic N) is 4. The lowest BCUT2D eigenvalue weighted by Gasteiger charge is -2.32. The van der Waals surface area contributed by atoms with Crippen LogP contribution in [0.4, 0.5) is 10.7 Å². The van der Waals surface area contributed by atoms with E-state index in [1.807, 2.05) is 24.4 Å². The molecule has 10 heteroatoms. The van der Waals surface area contributed by atoms with Gasteiger partial charge < -0.3 is 14.6 Å². The van der Waals surface area contributed by atoms with E-state index in [0.717, 1.165) is 62.2 Å². The summed E-state index contributed by atoms with van der Waals surface area (Å²) in [5.74, 6) is 1.62. The Morgan fingerprint density at radius 1 is 1.18 bits per heavy atom. The fourth-order valence-corrected chi connectivity index (χ4v) is 4.72. The van der Waals surface area contributed by atoms with Crippen molar-refractivity contribution < 1.29 is 14.0 Å². The highest BCUT2D eigenvalue weighted by molar-refractivity contribution is 8.18. The molecule has 0 bridgehead atoms. The summed E-state index contributed by atoms with van der Waals surface area (Å²) in [7, 11) is 0. The van der Waals surface area contributed by atoms with Crippen LogP contribution in [-0.4, -0.2) is 45.7 Å². The second-order valence-corrected chi connectivity index (χ2v) is 9.24. The Bertz CT molecular complexity index is 1200. The van der Waals surface area contributed by atoms with Crippen molar-refractivity contribution in [3.63, 3.8) is 0 Å². The summed E-state index contributed by atoms with van der Waals surface area (Å²) in [6.07, 6.45) is 8.87. The average molecular weight is 477 g/mol. The molecule has 2 aliphatic rings. The molecule has 3 aromatic heterocycles. The maximum Gasteiger partial charge on any atom is 0.290 e. The number of carbonyl (C=O) groups is 2. The Morgan fingerprint density at radius 3 is 2.79 bits per heavy atom. The molecule has 2 fully saturated rings. The Morgan fingerprint density at radius 2 is 2.03 bits per heavy atom. The highest BCUT2D eigenvalue weighted by Crippen LogP contribution is 2.26. The van der Waals surface area contributed by atoms with Crippen LogP contribution in [0.1, 0.15) is 24.1 Å². The number of carbonyl (C=O) groups excluding carboxylic acids is 2. The molecule has 2 N–H and O–H groups in total. The molecular formula is C24H24N6O3S. The number of nitrogens with one attached hydrogen (secondary N) is 2. The lowest BCUT2D eigenvalue weighted by atomic mass is 9.97. The first-order chi connectivity index (χ1) is 16.6. The molecule has 0 atom stereocenters. The molecule has 0 spiro atoms. The van der Waals surface area contributed by atoms with Gasteiger partial charge in [-0.05, 0) is 79.0 Å². The fraction of sp³-hybridized carbons (Fsp3) is 0.292. The van der Waals surface area contributed by atoms with Gasteiger partial charge in [0.15, 0.2) is 5.76 Å². The number of furan rings is 1. The molecule has 0 saturated carbocycles. The van der Waals surface area contributed by atoms with Gasteiger partial charge in [0.05, 0.1) is 16.9 Å². The minimum Gasteiger partial charge on any atom is -0.463 e. The van der Waals surface area contributed by atoms with Crippen molar-refractivity contribution in [2.24, 2.45) is 5.92 Å². The molecule has 0 radical (unpaired) electrons. The highest BCUT2D eigenvalue weighted by atomic mass is 32.2. The number of rotatable bonds is 7. The molecule has 0 aromatic carbocycles. The van der Waals surface area contributed by atoms with Crippen LogP contribution in [0.5, 0.6) is 0 Å². The molecule has 5 heterocycles. The van der Waals surface area contributed by atoms with Crippen LogP contribution in [0, 0.1) is 5.92 Å². The van der Waals surface area contributed by atoms with Crippen molar-refractivity contribution in [1.82, 2.24) is 25.6 Å². The smallest absolute Gasteiger partial charge is 0.290 e. The first-order valence-corrected chi connectivity index (χ1v) is 12.0. The second kappa shape index (κ2) is 10.2. The van der Waals surface area contributed by atoms with Gasteiger partial charge in [0.25, 0.3) is 11.1 Å². The number of amides is 2. The normalized spacial score (nSPS) is 18.0. The highest BCUT2D eigenvalue weighted by Gasteiger charge is 2.25. The van der Waals surface area contributed by atoms with Crippen LogP contribution in [-0.2, 0) is 11.3 Å². The zero-order valence-corrected chi connectivity index (χ0v) is 19.3. The number of pyridine rings is 1. The van der Waals surface area contributed by atoms with Crippen molar-refractivity contribution in [3.8, 4) is 11.5 Å². The Kier molecular flexibility index (Phi) is 6.68. The monoisotopic (exact) mass is 476 g/mol. The third-order valence-corrected chi connectivity index (χ3v) is 6.65. The number of hydrogen-bond donors (Lipinski definition) is 2. The summed E-state index contributed by atoms with van der Waals surface area (Å²) in [5.41, 5.74) is 2.63. The minimum absolute atomic E-state index is 0.352. The largest absolute Gasteiger partial charge is 0.463 e. The molecule has 174 valence electrons. The third kappa shape index (κ3) is 5.35. The second-order valence-electron chi connectivity index (χ2n) is 8.22. The summed E-state index contributed by atoms with van der Waals surface area (Å²) in [6.45, 7) is 3.47. The van der Waals surface area contributed by atoms with Gasteiger partial charge >= 0.3 is 0 Å². The number of aromatic nitrogens is 3. The first kappa shape index (κ1) is 22.3. The van der Waals surface area contributed by atoms with Crippen molar-refractivity contribution in [1.29, 1.82) is 0 Å². The lowest BCUT2D eigenvalue weighted by molar-refractivity contribution is -0.115. The standard InChI is InChI=1S/C24H24N6O3S/c31-22-21(34-24(32)29-22)13-18-4-8-27-23(28-18)30-9-5-16(6-10-30)14-25-15-17-3-7-26-19(12-17)20-2-1-11-33-20/h1-4,7-8,11-13,16,25H,5-6,9-10,14-15H2,(H,29,31,32). The molecule has 2 aliphatic heterocycles. The quantitative estimate of drug-likeness (QED) is 0.495. The van der Waals surface area contributed by atoms with Gasteiger partial charge in [0, 0.05) is 32.0 Å². The topological polar surface area (TPSA) is 113 Å². The first-order valence-electron chi connectivity index (χ1n) is 11.2. The van der Waals surface area contributed by atoms with Crippen LogP contribution >= 0.6 is 11.8 Å². The van der Waals surface area contributed by atoms with Gasteiger partial charge in [-0.1, -0.05) is 0 Å². The predicted octanol–water partition coefficient (Wildman–Crippen LogP) is 3.46. The van der Waals surface area contributed by atoms with Crippen LogP contribution in [0.15, 0.2) is 58.3 Å². The number of anilines is 1. The van der Waals surface area contributed by atoms with E-state index < -0.39 is 0 Å². The summed E-state index contributed by atoms with van der Waals surface area (Å²) in [5, 5.41) is 5.47. The van der Waals surface area contributed by atoms with Crippen LogP contribution in [0.25, 0.3) is 17.5 Å². The van der Waals surface area contributed by atoms with Crippen LogP contribution in [0.3, 0.4) is 0 Å². The van der Waals surface area contributed by atoms with E-state index in [4.69, 9.17) is 4.42 Å². The van der Waals surface area contributed by atoms with Crippen molar-refractivity contribution in [2.75, 3.05) is 24.5 Å². The van der Waals surface area contributed by atoms with E-state index in [9.17, 15) is 9.59 Å². The van der Waals surface area contributed by atoms with E-state index in [1.54, 1.807) is 24.6 Å². The van der Waals surface area contributed by atoms with Crippen molar-refractivity contribution >= 4 is 34.9 Å².